The van der Waals surface area contributed by atoms with Gasteiger partial charge < -0.3 is 9.88 Å². The lowest BCUT2D eigenvalue weighted by molar-refractivity contribution is -0.122. The Morgan fingerprint density at radius 2 is 2.19 bits per heavy atom. The van der Waals surface area contributed by atoms with E-state index in [4.69, 9.17) is 0 Å². The van der Waals surface area contributed by atoms with E-state index in [2.05, 4.69) is 15.4 Å². The normalized spacial score (nSPS) is 12.1. The van der Waals surface area contributed by atoms with Gasteiger partial charge in [0.15, 0.2) is 0 Å². The molecule has 0 radical (unpaired) electrons. The first-order valence-corrected chi connectivity index (χ1v) is 6.78. The number of nitrogens with zero attached hydrogens (tertiary/aromatic N) is 4. The minimum Gasteiger partial charge on any atom is -0.346 e. The summed E-state index contributed by atoms with van der Waals surface area (Å²) in [6.07, 6.45) is 1.69. The van der Waals surface area contributed by atoms with Gasteiger partial charge >= 0.3 is 0 Å². The van der Waals surface area contributed by atoms with Gasteiger partial charge in [0.05, 0.1) is 6.04 Å². The topological polar surface area (TPSA) is 81.8 Å². The molecule has 2 aromatic rings. The molecule has 112 valence electrons. The first-order valence-electron chi connectivity index (χ1n) is 6.78. The predicted octanol–water partition coefficient (Wildman–Crippen LogP) is 0.553. The zero-order valence-corrected chi connectivity index (χ0v) is 12.4. The molecule has 0 aliphatic heterocycles. The first-order chi connectivity index (χ1) is 9.99. The van der Waals surface area contributed by atoms with Crippen molar-refractivity contribution in [2.75, 3.05) is 0 Å². The monoisotopic (exact) mass is 289 g/mol. The Morgan fingerprint density at radius 1 is 1.43 bits per heavy atom. The fourth-order valence-electron chi connectivity index (χ4n) is 2.20. The SMILES string of the molecule is Cc1cccc(=O)n1CCC(=O)NC(C)c1ncnn1C. The molecule has 0 saturated heterocycles. The Labute approximate surface area is 122 Å². The van der Waals surface area contributed by atoms with Crippen molar-refractivity contribution in [3.63, 3.8) is 0 Å². The number of rotatable bonds is 5. The molecule has 0 bridgehead atoms. The summed E-state index contributed by atoms with van der Waals surface area (Å²) in [5, 5.41) is 6.83. The zero-order chi connectivity index (χ0) is 15.4. The van der Waals surface area contributed by atoms with Gasteiger partial charge in [-0.25, -0.2) is 4.98 Å². The van der Waals surface area contributed by atoms with E-state index in [1.807, 2.05) is 19.9 Å². The summed E-state index contributed by atoms with van der Waals surface area (Å²) in [6.45, 7) is 4.06. The number of carbonyl (C=O) groups is 1. The molecule has 1 N–H and O–H groups in total. The number of aryl methyl sites for hydroxylation is 2. The highest BCUT2D eigenvalue weighted by molar-refractivity contribution is 5.76. The molecule has 0 saturated carbocycles. The van der Waals surface area contributed by atoms with Crippen molar-refractivity contribution in [2.45, 2.75) is 32.9 Å². The number of nitrogens with one attached hydrogen (secondary N) is 1. The molecule has 7 heteroatoms. The smallest absolute Gasteiger partial charge is 0.250 e. The fraction of sp³-hybridized carbons (Fsp3) is 0.429. The molecular formula is C14H19N5O2. The van der Waals surface area contributed by atoms with Crippen LogP contribution in [-0.2, 0) is 18.4 Å². The van der Waals surface area contributed by atoms with Crippen molar-refractivity contribution >= 4 is 5.91 Å². The average Bonchev–Trinajstić information content (AvgIpc) is 2.84. The Balaban J connectivity index is 1.94. The maximum atomic E-state index is 12.0. The second-order valence-corrected chi connectivity index (χ2v) is 4.94. The molecule has 1 atom stereocenters. The Kier molecular flexibility index (Phi) is 4.52. The molecule has 2 aromatic heterocycles. The van der Waals surface area contributed by atoms with Crippen LogP contribution in [0.25, 0.3) is 0 Å². The zero-order valence-electron chi connectivity index (χ0n) is 12.4. The molecule has 0 aromatic carbocycles. The molecule has 7 nitrogen and oxygen atoms in total. The van der Waals surface area contributed by atoms with Crippen molar-refractivity contribution in [3.8, 4) is 0 Å². The Hall–Kier alpha value is -2.44. The summed E-state index contributed by atoms with van der Waals surface area (Å²) >= 11 is 0. The lowest BCUT2D eigenvalue weighted by atomic mass is 10.2. The quantitative estimate of drug-likeness (QED) is 0.871. The van der Waals surface area contributed by atoms with Crippen LogP contribution in [0.1, 0.15) is 30.9 Å². The third-order valence-corrected chi connectivity index (χ3v) is 3.34. The molecule has 0 fully saturated rings. The van der Waals surface area contributed by atoms with E-state index in [1.165, 1.54) is 12.4 Å². The largest absolute Gasteiger partial charge is 0.346 e. The molecular weight excluding hydrogens is 270 g/mol. The van der Waals surface area contributed by atoms with E-state index in [0.29, 0.717) is 12.4 Å². The highest BCUT2D eigenvalue weighted by Crippen LogP contribution is 2.07. The van der Waals surface area contributed by atoms with Crippen LogP contribution in [-0.4, -0.2) is 25.2 Å². The van der Waals surface area contributed by atoms with Crippen molar-refractivity contribution in [2.24, 2.45) is 7.05 Å². The van der Waals surface area contributed by atoms with Gasteiger partial charge in [-0.15, -0.1) is 0 Å². The summed E-state index contributed by atoms with van der Waals surface area (Å²) in [5.41, 5.74) is 0.751. The minimum absolute atomic E-state index is 0.0934. The summed E-state index contributed by atoms with van der Waals surface area (Å²) in [5.74, 6) is 0.567. The molecule has 0 aliphatic rings. The van der Waals surface area contributed by atoms with Crippen molar-refractivity contribution in [1.82, 2.24) is 24.6 Å². The standard InChI is InChI=1S/C14H19N5O2/c1-10-5-4-6-13(21)19(10)8-7-12(20)17-11(2)14-15-9-16-18(14)3/h4-6,9,11H,7-8H2,1-3H3,(H,17,20). The molecule has 0 spiro atoms. The van der Waals surface area contributed by atoms with Gasteiger partial charge in [0.2, 0.25) is 5.91 Å². The number of aromatic nitrogens is 4. The van der Waals surface area contributed by atoms with Gasteiger partial charge in [-0.05, 0) is 19.9 Å². The van der Waals surface area contributed by atoms with E-state index in [-0.39, 0.29) is 23.9 Å². The number of hydrogen-bond acceptors (Lipinski definition) is 4. The third-order valence-electron chi connectivity index (χ3n) is 3.34. The van der Waals surface area contributed by atoms with Crippen LogP contribution in [0.3, 0.4) is 0 Å². The number of carbonyl (C=O) groups excluding carboxylic acids is 1. The predicted molar refractivity (Wildman–Crippen MR) is 77.6 cm³/mol. The van der Waals surface area contributed by atoms with Crippen molar-refractivity contribution in [3.05, 3.63) is 46.4 Å². The van der Waals surface area contributed by atoms with Crippen molar-refractivity contribution < 1.29 is 4.79 Å². The van der Waals surface area contributed by atoms with E-state index in [1.54, 1.807) is 22.4 Å². The summed E-state index contributed by atoms with van der Waals surface area (Å²) in [4.78, 5) is 27.8. The maximum absolute atomic E-state index is 12.0. The second kappa shape index (κ2) is 6.34. The van der Waals surface area contributed by atoms with Crippen LogP contribution in [0.4, 0.5) is 0 Å². The number of pyridine rings is 1. The van der Waals surface area contributed by atoms with Gasteiger partial charge in [0, 0.05) is 31.8 Å². The maximum Gasteiger partial charge on any atom is 0.250 e. The van der Waals surface area contributed by atoms with Gasteiger partial charge in [0.25, 0.3) is 5.56 Å². The van der Waals surface area contributed by atoms with Gasteiger partial charge in [-0.2, -0.15) is 5.10 Å². The fourth-order valence-corrected chi connectivity index (χ4v) is 2.20. The minimum atomic E-state index is -0.224. The Bertz CT molecular complexity index is 689. The average molecular weight is 289 g/mol. The van der Waals surface area contributed by atoms with Crippen LogP contribution in [0.15, 0.2) is 29.3 Å². The number of amides is 1. The van der Waals surface area contributed by atoms with E-state index in [0.717, 1.165) is 5.69 Å². The number of hydrogen-bond donors (Lipinski definition) is 1. The molecule has 21 heavy (non-hydrogen) atoms. The highest BCUT2D eigenvalue weighted by atomic mass is 16.2. The van der Waals surface area contributed by atoms with Gasteiger partial charge in [-0.1, -0.05) is 6.07 Å². The summed E-state index contributed by atoms with van der Waals surface area (Å²) in [6, 6.07) is 4.83. The van der Waals surface area contributed by atoms with Crippen LogP contribution < -0.4 is 10.9 Å². The molecule has 2 rings (SSSR count). The van der Waals surface area contributed by atoms with E-state index < -0.39 is 0 Å². The molecule has 2 heterocycles. The van der Waals surface area contributed by atoms with E-state index in [9.17, 15) is 9.59 Å². The lowest BCUT2D eigenvalue weighted by Crippen LogP contribution is -2.31. The van der Waals surface area contributed by atoms with E-state index >= 15 is 0 Å². The lowest BCUT2D eigenvalue weighted by Gasteiger charge is -2.14. The van der Waals surface area contributed by atoms with Crippen LogP contribution in [0.2, 0.25) is 0 Å². The first kappa shape index (κ1) is 15.0. The second-order valence-electron chi connectivity index (χ2n) is 4.94. The Morgan fingerprint density at radius 3 is 2.81 bits per heavy atom. The van der Waals surface area contributed by atoms with Gasteiger partial charge in [-0.3, -0.25) is 14.3 Å². The molecule has 1 unspecified atom stereocenters. The van der Waals surface area contributed by atoms with Crippen LogP contribution in [0, 0.1) is 6.92 Å². The highest BCUT2D eigenvalue weighted by Gasteiger charge is 2.14. The van der Waals surface area contributed by atoms with Crippen LogP contribution in [0.5, 0.6) is 0 Å². The third kappa shape index (κ3) is 3.56. The summed E-state index contributed by atoms with van der Waals surface area (Å²) < 4.78 is 3.21. The molecule has 1 amide bonds. The van der Waals surface area contributed by atoms with Gasteiger partial charge in [0.1, 0.15) is 12.2 Å². The molecule has 0 aliphatic carbocycles. The summed E-state index contributed by atoms with van der Waals surface area (Å²) in [7, 11) is 1.78. The van der Waals surface area contributed by atoms with Crippen LogP contribution >= 0.6 is 0 Å². The van der Waals surface area contributed by atoms with Crippen molar-refractivity contribution in [1.29, 1.82) is 0 Å².